The zero-order valence-electron chi connectivity index (χ0n) is 12.1. The molecule has 1 aromatic carbocycles. The van der Waals surface area contributed by atoms with E-state index >= 15 is 0 Å². The molecule has 0 heterocycles. The molecule has 0 spiro atoms. The molecule has 0 aromatic heterocycles. The maximum absolute atomic E-state index is 12.1. The third kappa shape index (κ3) is 5.20. The highest BCUT2D eigenvalue weighted by molar-refractivity contribution is 6.00. The standard InChI is InChI=1S/C15H25N3O/c1-4-8-18-15(19)13-10-12(16)5-6-14(13)17-9-7-11(2)3/h5-6,10-11,17H,4,7-9,16H2,1-3H3,(H,18,19). The molecular formula is C15H25N3O. The highest BCUT2D eigenvalue weighted by atomic mass is 16.1. The minimum absolute atomic E-state index is 0.0683. The summed E-state index contributed by atoms with van der Waals surface area (Å²) in [6.07, 6.45) is 1.99. The second-order valence-corrected chi connectivity index (χ2v) is 5.17. The molecule has 106 valence electrons. The summed E-state index contributed by atoms with van der Waals surface area (Å²) in [5, 5.41) is 6.19. The Morgan fingerprint density at radius 3 is 2.68 bits per heavy atom. The van der Waals surface area contributed by atoms with Crippen molar-refractivity contribution in [3.63, 3.8) is 0 Å². The van der Waals surface area contributed by atoms with Gasteiger partial charge in [0.25, 0.3) is 5.91 Å². The molecule has 0 saturated heterocycles. The molecule has 0 aliphatic rings. The monoisotopic (exact) mass is 263 g/mol. The number of carbonyl (C=O) groups excluding carboxylic acids is 1. The highest BCUT2D eigenvalue weighted by Gasteiger charge is 2.11. The van der Waals surface area contributed by atoms with Crippen LogP contribution in [0.25, 0.3) is 0 Å². The average Bonchev–Trinajstić information content (AvgIpc) is 2.37. The van der Waals surface area contributed by atoms with E-state index in [0.29, 0.717) is 23.7 Å². The van der Waals surface area contributed by atoms with Gasteiger partial charge in [0.05, 0.1) is 5.56 Å². The van der Waals surface area contributed by atoms with Gasteiger partial charge in [0.1, 0.15) is 0 Å². The lowest BCUT2D eigenvalue weighted by atomic mass is 10.1. The highest BCUT2D eigenvalue weighted by Crippen LogP contribution is 2.19. The van der Waals surface area contributed by atoms with Crippen molar-refractivity contribution in [3.8, 4) is 0 Å². The average molecular weight is 263 g/mol. The van der Waals surface area contributed by atoms with Crippen LogP contribution >= 0.6 is 0 Å². The van der Waals surface area contributed by atoms with Gasteiger partial charge >= 0.3 is 0 Å². The molecule has 4 heteroatoms. The van der Waals surface area contributed by atoms with Gasteiger partial charge in [0.2, 0.25) is 0 Å². The van der Waals surface area contributed by atoms with E-state index in [9.17, 15) is 4.79 Å². The van der Waals surface area contributed by atoms with Crippen molar-refractivity contribution in [3.05, 3.63) is 23.8 Å². The van der Waals surface area contributed by atoms with Gasteiger partial charge in [-0.25, -0.2) is 0 Å². The number of benzene rings is 1. The molecule has 19 heavy (non-hydrogen) atoms. The van der Waals surface area contributed by atoms with Crippen LogP contribution in [0.5, 0.6) is 0 Å². The van der Waals surface area contributed by atoms with Gasteiger partial charge in [-0.05, 0) is 37.0 Å². The van der Waals surface area contributed by atoms with Crippen molar-refractivity contribution >= 4 is 17.3 Å². The van der Waals surface area contributed by atoms with Crippen LogP contribution in [0, 0.1) is 5.92 Å². The number of anilines is 2. The van der Waals surface area contributed by atoms with Gasteiger partial charge in [-0.2, -0.15) is 0 Å². The molecule has 0 bridgehead atoms. The Morgan fingerprint density at radius 2 is 2.05 bits per heavy atom. The number of rotatable bonds is 7. The zero-order valence-corrected chi connectivity index (χ0v) is 12.1. The maximum Gasteiger partial charge on any atom is 0.253 e. The lowest BCUT2D eigenvalue weighted by molar-refractivity contribution is 0.0954. The topological polar surface area (TPSA) is 67.2 Å². The summed E-state index contributed by atoms with van der Waals surface area (Å²) in [7, 11) is 0. The van der Waals surface area contributed by atoms with E-state index in [1.165, 1.54) is 0 Å². The fraction of sp³-hybridized carbons (Fsp3) is 0.533. The van der Waals surface area contributed by atoms with Crippen molar-refractivity contribution in [2.75, 3.05) is 24.1 Å². The first-order chi connectivity index (χ1) is 9.04. The van der Waals surface area contributed by atoms with Crippen molar-refractivity contribution in [2.45, 2.75) is 33.6 Å². The van der Waals surface area contributed by atoms with Gasteiger partial charge in [-0.3, -0.25) is 4.79 Å². The Balaban J connectivity index is 2.76. The van der Waals surface area contributed by atoms with E-state index in [1.807, 2.05) is 19.1 Å². The zero-order chi connectivity index (χ0) is 14.3. The van der Waals surface area contributed by atoms with Crippen molar-refractivity contribution in [1.82, 2.24) is 5.32 Å². The third-order valence-corrected chi connectivity index (χ3v) is 2.86. The lowest BCUT2D eigenvalue weighted by Gasteiger charge is -2.13. The molecule has 0 aliphatic heterocycles. The second-order valence-electron chi connectivity index (χ2n) is 5.17. The van der Waals surface area contributed by atoms with Gasteiger partial charge in [0.15, 0.2) is 0 Å². The fourth-order valence-corrected chi connectivity index (χ4v) is 1.73. The Kier molecular flexibility index (Phi) is 6.19. The van der Waals surface area contributed by atoms with Crippen molar-refractivity contribution in [1.29, 1.82) is 0 Å². The predicted molar refractivity (Wildman–Crippen MR) is 81.4 cm³/mol. The molecule has 0 radical (unpaired) electrons. The van der Waals surface area contributed by atoms with Crippen LogP contribution in [-0.4, -0.2) is 19.0 Å². The summed E-state index contributed by atoms with van der Waals surface area (Å²) in [4.78, 5) is 12.1. The van der Waals surface area contributed by atoms with Crippen molar-refractivity contribution in [2.24, 2.45) is 5.92 Å². The molecule has 0 atom stereocenters. The molecule has 1 rings (SSSR count). The smallest absolute Gasteiger partial charge is 0.253 e. The minimum Gasteiger partial charge on any atom is -0.399 e. The first-order valence-electron chi connectivity index (χ1n) is 6.96. The number of hydrogen-bond donors (Lipinski definition) is 3. The molecule has 1 aromatic rings. The Bertz CT molecular complexity index is 416. The second kappa shape index (κ2) is 7.67. The summed E-state index contributed by atoms with van der Waals surface area (Å²) >= 11 is 0. The molecule has 0 unspecified atom stereocenters. The van der Waals surface area contributed by atoms with Crippen LogP contribution in [0.1, 0.15) is 44.0 Å². The lowest BCUT2D eigenvalue weighted by Crippen LogP contribution is -2.25. The summed E-state index contributed by atoms with van der Waals surface area (Å²) in [6.45, 7) is 7.93. The Hall–Kier alpha value is -1.71. The molecule has 0 fully saturated rings. The van der Waals surface area contributed by atoms with Gasteiger partial charge in [-0.1, -0.05) is 20.8 Å². The first-order valence-corrected chi connectivity index (χ1v) is 6.96. The number of nitrogens with two attached hydrogens (primary N) is 1. The number of hydrogen-bond acceptors (Lipinski definition) is 3. The number of nitrogens with one attached hydrogen (secondary N) is 2. The van der Waals surface area contributed by atoms with Gasteiger partial charge < -0.3 is 16.4 Å². The van der Waals surface area contributed by atoms with Crippen LogP contribution in [0.4, 0.5) is 11.4 Å². The number of amides is 1. The summed E-state index contributed by atoms with van der Waals surface area (Å²) in [5.41, 5.74) is 7.84. The minimum atomic E-state index is -0.0683. The van der Waals surface area contributed by atoms with E-state index in [4.69, 9.17) is 5.73 Å². The Labute approximate surface area is 115 Å². The van der Waals surface area contributed by atoms with E-state index in [-0.39, 0.29) is 5.91 Å². The fourth-order valence-electron chi connectivity index (χ4n) is 1.73. The van der Waals surface area contributed by atoms with Crippen LogP contribution in [-0.2, 0) is 0 Å². The molecule has 0 saturated carbocycles. The quantitative estimate of drug-likeness (QED) is 0.663. The summed E-state index contributed by atoms with van der Waals surface area (Å²) in [6, 6.07) is 5.41. The van der Waals surface area contributed by atoms with Gasteiger partial charge in [-0.15, -0.1) is 0 Å². The number of nitrogen functional groups attached to an aromatic ring is 1. The van der Waals surface area contributed by atoms with E-state index in [1.54, 1.807) is 6.07 Å². The molecule has 1 amide bonds. The maximum atomic E-state index is 12.1. The Morgan fingerprint density at radius 1 is 1.32 bits per heavy atom. The third-order valence-electron chi connectivity index (χ3n) is 2.86. The predicted octanol–water partition coefficient (Wildman–Crippen LogP) is 2.87. The van der Waals surface area contributed by atoms with Crippen LogP contribution in [0.2, 0.25) is 0 Å². The van der Waals surface area contributed by atoms with E-state index < -0.39 is 0 Å². The van der Waals surface area contributed by atoms with Crippen LogP contribution in [0.3, 0.4) is 0 Å². The van der Waals surface area contributed by atoms with Crippen molar-refractivity contribution < 1.29 is 4.79 Å². The summed E-state index contributed by atoms with van der Waals surface area (Å²) in [5.74, 6) is 0.569. The SMILES string of the molecule is CCCNC(=O)c1cc(N)ccc1NCCC(C)C. The number of carbonyl (C=O) groups is 1. The molecular weight excluding hydrogens is 238 g/mol. The largest absolute Gasteiger partial charge is 0.399 e. The van der Waals surface area contributed by atoms with Gasteiger partial charge in [0, 0.05) is 24.5 Å². The molecule has 0 aliphatic carbocycles. The normalized spacial score (nSPS) is 10.5. The van der Waals surface area contributed by atoms with Crippen LogP contribution < -0.4 is 16.4 Å². The molecule has 4 N–H and O–H groups in total. The van der Waals surface area contributed by atoms with Crippen LogP contribution in [0.15, 0.2) is 18.2 Å². The molecule has 4 nitrogen and oxygen atoms in total. The summed E-state index contributed by atoms with van der Waals surface area (Å²) < 4.78 is 0. The first kappa shape index (κ1) is 15.3. The van der Waals surface area contributed by atoms with E-state index in [0.717, 1.165) is 25.1 Å². The van der Waals surface area contributed by atoms with E-state index in [2.05, 4.69) is 24.5 Å².